The van der Waals surface area contributed by atoms with Gasteiger partial charge in [0.15, 0.2) is 5.17 Å². The monoisotopic (exact) mass is 436 g/mol. The van der Waals surface area contributed by atoms with Crippen molar-refractivity contribution >= 4 is 33.9 Å². The Morgan fingerprint density at radius 3 is 2.17 bits per heavy atom. The molecular formula is C21H30F2N6S. The van der Waals surface area contributed by atoms with Crippen molar-refractivity contribution in [3.8, 4) is 0 Å². The fraction of sp³-hybridized carbons (Fsp3) is 0.476. The third kappa shape index (κ3) is 5.66. The van der Waals surface area contributed by atoms with Crippen LogP contribution in [0.5, 0.6) is 0 Å². The molecule has 0 atom stereocenters. The first-order valence-electron chi connectivity index (χ1n) is 9.59. The molecule has 0 aliphatic carbocycles. The molecule has 1 aliphatic heterocycles. The van der Waals surface area contributed by atoms with E-state index in [-0.39, 0.29) is 44.2 Å². The molecule has 0 saturated carbocycles. The van der Waals surface area contributed by atoms with Crippen LogP contribution in [-0.2, 0) is 0 Å². The summed E-state index contributed by atoms with van der Waals surface area (Å²) in [6.45, 7) is 8.47. The molecule has 1 heterocycles. The largest absolute Gasteiger partial charge is 0.398 e. The van der Waals surface area contributed by atoms with Crippen molar-refractivity contribution in [1.82, 2.24) is 10.2 Å². The van der Waals surface area contributed by atoms with Crippen molar-refractivity contribution < 1.29 is 8.78 Å². The summed E-state index contributed by atoms with van der Waals surface area (Å²) in [5.74, 6) is -1.58. The van der Waals surface area contributed by atoms with Crippen LogP contribution in [0.25, 0.3) is 5.70 Å². The molecule has 9 heteroatoms. The first-order chi connectivity index (χ1) is 13.8. The maximum absolute atomic E-state index is 14.5. The normalized spacial score (nSPS) is 18.7. The van der Waals surface area contributed by atoms with Gasteiger partial charge in [-0.2, -0.15) is 0 Å². The molecule has 164 valence electrons. The molecule has 1 aromatic carbocycles. The van der Waals surface area contributed by atoms with Crippen LogP contribution in [0.15, 0.2) is 18.2 Å². The average molecular weight is 437 g/mol. The second-order valence-corrected chi connectivity index (χ2v) is 9.90. The van der Waals surface area contributed by atoms with E-state index in [0.29, 0.717) is 0 Å². The quantitative estimate of drug-likeness (QED) is 0.360. The van der Waals surface area contributed by atoms with E-state index in [1.807, 2.05) is 0 Å². The molecule has 1 fully saturated rings. The van der Waals surface area contributed by atoms with Crippen LogP contribution in [0.3, 0.4) is 0 Å². The van der Waals surface area contributed by atoms with Gasteiger partial charge in [-0.05, 0) is 70.5 Å². The van der Waals surface area contributed by atoms with Gasteiger partial charge >= 0.3 is 0 Å². The lowest BCUT2D eigenvalue weighted by Gasteiger charge is -2.49. The first kappa shape index (κ1) is 24.0. The molecule has 6 N–H and O–H groups in total. The third-order valence-corrected chi connectivity index (χ3v) is 6.02. The number of hydrogen-bond donors (Lipinski definition) is 5. The highest BCUT2D eigenvalue weighted by atomic mass is 32.2. The number of nitrogens with zero attached hydrogens (tertiary/aromatic N) is 1. The van der Waals surface area contributed by atoms with E-state index in [1.54, 1.807) is 11.9 Å². The highest BCUT2D eigenvalue weighted by Crippen LogP contribution is 2.32. The number of amidine groups is 1. The Kier molecular flexibility index (Phi) is 7.08. The predicted molar refractivity (Wildman–Crippen MR) is 122 cm³/mol. The summed E-state index contributed by atoms with van der Waals surface area (Å²) in [7, 11) is 1.80. The molecule has 1 aliphatic rings. The fourth-order valence-corrected chi connectivity index (χ4v) is 4.81. The lowest BCUT2D eigenvalue weighted by Crippen LogP contribution is -2.62. The maximum atomic E-state index is 14.5. The number of benzene rings is 1. The molecule has 30 heavy (non-hydrogen) atoms. The van der Waals surface area contributed by atoms with E-state index in [0.717, 1.165) is 49.0 Å². The Hall–Kier alpha value is -2.26. The zero-order chi connectivity index (χ0) is 22.9. The van der Waals surface area contributed by atoms with Crippen molar-refractivity contribution in [1.29, 1.82) is 16.2 Å². The summed E-state index contributed by atoms with van der Waals surface area (Å²) in [5.41, 5.74) is 4.98. The molecule has 1 saturated heterocycles. The van der Waals surface area contributed by atoms with Crippen LogP contribution in [0, 0.1) is 27.9 Å². The van der Waals surface area contributed by atoms with Crippen molar-refractivity contribution in [2.45, 2.75) is 57.7 Å². The lowest BCUT2D eigenvalue weighted by molar-refractivity contribution is 0.114. The molecule has 1 aromatic rings. The molecule has 6 nitrogen and oxygen atoms in total. The number of nitrogens with two attached hydrogens (primary N) is 1. The summed E-state index contributed by atoms with van der Waals surface area (Å²) in [6, 6.07) is 1.91. The summed E-state index contributed by atoms with van der Waals surface area (Å²) >= 11 is 0.786. The van der Waals surface area contributed by atoms with Crippen LogP contribution < -0.4 is 11.1 Å². The van der Waals surface area contributed by atoms with Gasteiger partial charge in [0.25, 0.3) is 0 Å². The minimum Gasteiger partial charge on any atom is -0.398 e. The van der Waals surface area contributed by atoms with Gasteiger partial charge < -0.3 is 21.4 Å². The van der Waals surface area contributed by atoms with Gasteiger partial charge in [0.1, 0.15) is 16.7 Å². The molecule has 0 bridgehead atoms. The molecule has 0 amide bonds. The zero-order valence-corrected chi connectivity index (χ0v) is 18.8. The average Bonchev–Trinajstić information content (AvgIpc) is 2.59. The van der Waals surface area contributed by atoms with Gasteiger partial charge in [-0.15, -0.1) is 0 Å². The summed E-state index contributed by atoms with van der Waals surface area (Å²) in [6.07, 6.45) is 3.68. The topological polar surface area (TPSA) is 113 Å². The van der Waals surface area contributed by atoms with Crippen LogP contribution in [0.4, 0.5) is 8.78 Å². The standard InChI is InChI=1S/C21H30F2N6S/c1-20(2)10-12(11-21(3,4)28-20)29(5)19(27)30-18(26)14-9-15(22)13(8-16(14)23)17(25)6-7-24/h6-9,12,24,26-28H,10-11,25H2,1-5H3/b17-6-,24-7?,26-18?,27-19?. The molecule has 2 rings (SSSR count). The van der Waals surface area contributed by atoms with Gasteiger partial charge in [0.2, 0.25) is 0 Å². The molecule has 0 aromatic heterocycles. The van der Waals surface area contributed by atoms with Crippen LogP contribution in [0.2, 0.25) is 0 Å². The Labute approximate surface area is 180 Å². The van der Waals surface area contributed by atoms with Gasteiger partial charge in [0.05, 0.1) is 0 Å². The van der Waals surface area contributed by atoms with E-state index < -0.39 is 11.6 Å². The third-order valence-electron chi connectivity index (χ3n) is 5.11. The summed E-state index contributed by atoms with van der Waals surface area (Å²) in [4.78, 5) is 1.80. The lowest BCUT2D eigenvalue weighted by atomic mass is 9.79. The summed E-state index contributed by atoms with van der Waals surface area (Å²) < 4.78 is 28.9. The Morgan fingerprint density at radius 1 is 1.13 bits per heavy atom. The van der Waals surface area contributed by atoms with Crippen molar-refractivity contribution in [3.05, 3.63) is 41.0 Å². The SMILES string of the molecule is CN(C(=N)SC(=N)c1cc(F)c(/C(N)=C/C=N)cc1F)C1CC(C)(C)NC(C)(C)C1. The summed E-state index contributed by atoms with van der Waals surface area (Å²) in [5, 5.41) is 27.1. The smallest absolute Gasteiger partial charge is 0.162 e. The van der Waals surface area contributed by atoms with Gasteiger partial charge in [-0.25, -0.2) is 8.78 Å². The Bertz CT molecular complexity index is 878. The minimum absolute atomic E-state index is 0.0734. The first-order valence-corrected chi connectivity index (χ1v) is 10.4. The number of rotatable bonds is 4. The number of hydrogen-bond acceptors (Lipinski definition) is 6. The van der Waals surface area contributed by atoms with Crippen LogP contribution in [0.1, 0.15) is 51.7 Å². The second kappa shape index (κ2) is 8.85. The van der Waals surface area contributed by atoms with Crippen LogP contribution >= 0.6 is 11.8 Å². The minimum atomic E-state index is -0.801. The van der Waals surface area contributed by atoms with Gasteiger partial charge in [0, 0.05) is 47.2 Å². The van der Waals surface area contributed by atoms with E-state index in [9.17, 15) is 8.78 Å². The number of halogens is 2. The molecule has 0 spiro atoms. The molecule has 0 unspecified atom stereocenters. The second-order valence-electron chi connectivity index (χ2n) is 8.90. The van der Waals surface area contributed by atoms with E-state index in [2.05, 4.69) is 33.0 Å². The fourth-order valence-electron chi connectivity index (χ4n) is 4.05. The Balaban J connectivity index is 2.17. The van der Waals surface area contributed by atoms with Crippen molar-refractivity contribution in [2.75, 3.05) is 7.05 Å². The maximum Gasteiger partial charge on any atom is 0.162 e. The molecule has 0 radical (unpaired) electrons. The highest BCUT2D eigenvalue weighted by molar-refractivity contribution is 8.26. The van der Waals surface area contributed by atoms with E-state index in [4.69, 9.17) is 22.0 Å². The number of nitrogens with one attached hydrogen (secondary N) is 4. The zero-order valence-electron chi connectivity index (χ0n) is 18.0. The highest BCUT2D eigenvalue weighted by Gasteiger charge is 2.39. The van der Waals surface area contributed by atoms with Gasteiger partial charge in [-0.1, -0.05) is 0 Å². The number of piperidine rings is 1. The number of thioether (sulfide) groups is 1. The predicted octanol–water partition coefficient (Wildman–Crippen LogP) is 4.15. The van der Waals surface area contributed by atoms with Crippen LogP contribution in [-0.4, -0.2) is 45.5 Å². The Morgan fingerprint density at radius 2 is 1.63 bits per heavy atom. The van der Waals surface area contributed by atoms with Crippen molar-refractivity contribution in [2.24, 2.45) is 5.73 Å². The van der Waals surface area contributed by atoms with Gasteiger partial charge in [-0.3, -0.25) is 10.8 Å². The van der Waals surface area contributed by atoms with E-state index >= 15 is 0 Å². The van der Waals surface area contributed by atoms with E-state index in [1.165, 1.54) is 0 Å². The van der Waals surface area contributed by atoms with Crippen molar-refractivity contribution in [3.63, 3.8) is 0 Å². The molecular weight excluding hydrogens is 406 g/mol. The number of allylic oxidation sites excluding steroid dienone is 1.